The van der Waals surface area contributed by atoms with Gasteiger partial charge in [0.2, 0.25) is 0 Å². The van der Waals surface area contributed by atoms with Gasteiger partial charge in [-0.3, -0.25) is 14.1 Å². The lowest BCUT2D eigenvalue weighted by Gasteiger charge is -2.07. The van der Waals surface area contributed by atoms with Crippen molar-refractivity contribution in [2.75, 3.05) is 4.72 Å². The molecule has 3 aromatic rings. The highest BCUT2D eigenvalue weighted by Crippen LogP contribution is 2.21. The van der Waals surface area contributed by atoms with Crippen LogP contribution in [0.2, 0.25) is 0 Å². The number of nitrogens with zero attached hydrogens (tertiary/aromatic N) is 4. The van der Waals surface area contributed by atoms with Gasteiger partial charge in [-0.2, -0.15) is 10.2 Å². The molecule has 12 heteroatoms. The predicted molar refractivity (Wildman–Crippen MR) is 86.3 cm³/mol. The van der Waals surface area contributed by atoms with Gasteiger partial charge in [-0.05, 0) is 6.92 Å². The van der Waals surface area contributed by atoms with Crippen LogP contribution in [0, 0.1) is 23.3 Å². The van der Waals surface area contributed by atoms with Gasteiger partial charge in [0.05, 0.1) is 18.3 Å². The maximum absolute atomic E-state index is 13.7. The molecule has 0 aliphatic carbocycles. The maximum Gasteiger partial charge on any atom is 0.266 e. The van der Waals surface area contributed by atoms with E-state index in [2.05, 4.69) is 14.9 Å². The van der Waals surface area contributed by atoms with Crippen LogP contribution in [-0.4, -0.2) is 28.0 Å². The van der Waals surface area contributed by atoms with Crippen molar-refractivity contribution in [3.8, 4) is 0 Å². The molecular formula is C15H13F4N5O2S. The summed E-state index contributed by atoms with van der Waals surface area (Å²) in [4.78, 5) is -0.0943. The van der Waals surface area contributed by atoms with E-state index in [-0.39, 0.29) is 16.8 Å². The molecule has 0 saturated heterocycles. The first kappa shape index (κ1) is 18.9. The Balaban J connectivity index is 1.82. The van der Waals surface area contributed by atoms with Gasteiger partial charge in [0.25, 0.3) is 10.0 Å². The molecule has 0 aliphatic rings. The molecule has 0 bridgehead atoms. The van der Waals surface area contributed by atoms with E-state index in [4.69, 9.17) is 0 Å². The van der Waals surface area contributed by atoms with E-state index in [0.717, 1.165) is 10.9 Å². The van der Waals surface area contributed by atoms with Crippen molar-refractivity contribution < 1.29 is 26.0 Å². The van der Waals surface area contributed by atoms with Gasteiger partial charge in [-0.15, -0.1) is 0 Å². The summed E-state index contributed by atoms with van der Waals surface area (Å²) in [5.41, 5.74) is -0.866. The van der Waals surface area contributed by atoms with Crippen molar-refractivity contribution in [2.24, 2.45) is 0 Å². The van der Waals surface area contributed by atoms with Gasteiger partial charge in [-0.25, -0.2) is 26.0 Å². The van der Waals surface area contributed by atoms with Crippen molar-refractivity contribution in [3.63, 3.8) is 0 Å². The van der Waals surface area contributed by atoms with Gasteiger partial charge in [-0.1, -0.05) is 0 Å². The summed E-state index contributed by atoms with van der Waals surface area (Å²) >= 11 is 0. The molecule has 0 spiro atoms. The van der Waals surface area contributed by atoms with Crippen LogP contribution in [0.1, 0.15) is 12.5 Å². The number of halogens is 4. The van der Waals surface area contributed by atoms with E-state index >= 15 is 0 Å². The van der Waals surface area contributed by atoms with Crippen molar-refractivity contribution in [2.45, 2.75) is 24.9 Å². The smallest absolute Gasteiger partial charge is 0.266 e. The number of nitrogens with one attached hydrogen (secondary N) is 1. The second kappa shape index (κ2) is 7.02. The number of hydrogen-bond donors (Lipinski definition) is 1. The summed E-state index contributed by atoms with van der Waals surface area (Å²) in [5.74, 6) is -6.30. The van der Waals surface area contributed by atoms with Crippen LogP contribution in [0.4, 0.5) is 23.4 Å². The third kappa shape index (κ3) is 3.79. The summed E-state index contributed by atoms with van der Waals surface area (Å²) < 4.78 is 83.0. The van der Waals surface area contributed by atoms with Crippen LogP contribution in [0.25, 0.3) is 0 Å². The molecule has 0 fully saturated rings. The molecule has 3 rings (SSSR count). The highest BCUT2D eigenvalue weighted by atomic mass is 32.2. The molecule has 0 atom stereocenters. The Hall–Kier alpha value is -2.89. The fourth-order valence-electron chi connectivity index (χ4n) is 2.28. The molecule has 27 heavy (non-hydrogen) atoms. The second-order valence-corrected chi connectivity index (χ2v) is 7.16. The first-order valence-corrected chi connectivity index (χ1v) is 9.10. The lowest BCUT2D eigenvalue weighted by atomic mass is 10.2. The molecule has 0 radical (unpaired) electrons. The minimum Gasteiger partial charge on any atom is -0.272 e. The van der Waals surface area contributed by atoms with E-state index in [1.807, 2.05) is 0 Å². The normalized spacial score (nSPS) is 11.7. The molecule has 2 aromatic heterocycles. The van der Waals surface area contributed by atoms with Gasteiger partial charge >= 0.3 is 0 Å². The zero-order chi connectivity index (χ0) is 19.8. The highest BCUT2D eigenvalue weighted by Gasteiger charge is 2.21. The molecule has 1 N–H and O–H groups in total. The average Bonchev–Trinajstić information content (AvgIpc) is 3.26. The fourth-order valence-corrected chi connectivity index (χ4v) is 3.23. The van der Waals surface area contributed by atoms with Gasteiger partial charge < -0.3 is 0 Å². The summed E-state index contributed by atoms with van der Waals surface area (Å²) in [6, 6.07) is 1.33. The lowest BCUT2D eigenvalue weighted by molar-refractivity contribution is 0.431. The van der Waals surface area contributed by atoms with Crippen LogP contribution >= 0.6 is 0 Å². The zero-order valence-corrected chi connectivity index (χ0v) is 14.6. The van der Waals surface area contributed by atoms with Crippen LogP contribution in [0.15, 0.2) is 35.6 Å². The Bertz CT molecular complexity index is 1070. The topological polar surface area (TPSA) is 81.8 Å². The van der Waals surface area contributed by atoms with E-state index in [9.17, 15) is 26.0 Å². The monoisotopic (exact) mass is 403 g/mol. The molecular weight excluding hydrogens is 390 g/mol. The summed E-state index contributed by atoms with van der Waals surface area (Å²) in [5, 5.41) is 7.66. The number of sulfonamides is 1. The van der Waals surface area contributed by atoms with Crippen molar-refractivity contribution >= 4 is 15.8 Å². The Kier molecular flexibility index (Phi) is 4.91. The Morgan fingerprint density at radius 2 is 1.78 bits per heavy atom. The average molecular weight is 403 g/mol. The minimum atomic E-state index is -3.97. The van der Waals surface area contributed by atoms with Gasteiger partial charge in [0.1, 0.15) is 4.90 Å². The first-order chi connectivity index (χ1) is 12.7. The third-order valence-corrected chi connectivity index (χ3v) is 4.96. The maximum atomic E-state index is 13.7. The van der Waals surface area contributed by atoms with E-state index in [0.29, 0.717) is 6.54 Å². The molecule has 7 nitrogen and oxygen atoms in total. The lowest BCUT2D eigenvalue weighted by Crippen LogP contribution is -2.14. The van der Waals surface area contributed by atoms with Crippen LogP contribution < -0.4 is 4.72 Å². The molecule has 1 aromatic carbocycles. The Morgan fingerprint density at radius 3 is 2.37 bits per heavy atom. The molecule has 144 valence electrons. The van der Waals surface area contributed by atoms with E-state index in [1.165, 1.54) is 23.1 Å². The molecule has 0 amide bonds. The summed E-state index contributed by atoms with van der Waals surface area (Å²) in [7, 11) is -3.97. The number of rotatable bonds is 6. The first-order valence-electron chi connectivity index (χ1n) is 7.62. The van der Waals surface area contributed by atoms with Crippen LogP contribution in [0.3, 0.4) is 0 Å². The number of hydrogen-bond acceptors (Lipinski definition) is 4. The standard InChI is InChI=1S/C15H13F4N5O2S/c1-2-23-7-9(6-20-23)27(25,26)22-13-3-4-24(21-13)8-10-14(18)11(16)5-12(17)15(10)19/h3-7H,2,8H2,1H3,(H,21,22). The fraction of sp³-hybridized carbons (Fsp3) is 0.200. The van der Waals surface area contributed by atoms with Crippen molar-refractivity contribution in [1.29, 1.82) is 0 Å². The Morgan fingerprint density at radius 1 is 1.11 bits per heavy atom. The van der Waals surface area contributed by atoms with Crippen LogP contribution in [-0.2, 0) is 23.1 Å². The van der Waals surface area contributed by atoms with E-state index in [1.54, 1.807) is 6.92 Å². The number of aromatic nitrogens is 4. The quantitative estimate of drug-likeness (QED) is 0.507. The molecule has 0 aliphatic heterocycles. The van der Waals surface area contributed by atoms with Gasteiger partial charge in [0, 0.05) is 31.1 Å². The molecule has 2 heterocycles. The second-order valence-electron chi connectivity index (χ2n) is 5.48. The highest BCUT2D eigenvalue weighted by molar-refractivity contribution is 7.92. The summed E-state index contributed by atoms with van der Waals surface area (Å²) in [6.07, 6.45) is 3.68. The van der Waals surface area contributed by atoms with Gasteiger partial charge in [0.15, 0.2) is 29.1 Å². The number of benzene rings is 1. The summed E-state index contributed by atoms with van der Waals surface area (Å²) in [6.45, 7) is 1.62. The largest absolute Gasteiger partial charge is 0.272 e. The predicted octanol–water partition coefficient (Wildman–Crippen LogP) is 2.51. The van der Waals surface area contributed by atoms with Crippen molar-refractivity contribution in [1.82, 2.24) is 19.6 Å². The Labute approximate surface area is 151 Å². The van der Waals surface area contributed by atoms with E-state index < -0.39 is 45.4 Å². The SMILES string of the molecule is CCn1cc(S(=O)(=O)Nc2ccn(Cc3c(F)c(F)cc(F)c3F)n2)cn1. The number of anilines is 1. The third-order valence-electron chi connectivity index (χ3n) is 3.65. The molecule has 0 saturated carbocycles. The van der Waals surface area contributed by atoms with Crippen molar-refractivity contribution in [3.05, 3.63) is 59.6 Å². The minimum absolute atomic E-state index is 0.0943. The number of aryl methyl sites for hydroxylation is 1. The zero-order valence-electron chi connectivity index (χ0n) is 13.8. The molecule has 0 unspecified atom stereocenters. The van der Waals surface area contributed by atoms with Crippen LogP contribution in [0.5, 0.6) is 0 Å².